The van der Waals surface area contributed by atoms with Gasteiger partial charge in [-0.3, -0.25) is 0 Å². The Hall–Kier alpha value is -3.80. The van der Waals surface area contributed by atoms with E-state index in [1.165, 1.54) is 11.1 Å². The Bertz CT molecular complexity index is 1180. The Morgan fingerprint density at radius 3 is 1.46 bits per heavy atom. The van der Waals surface area contributed by atoms with Crippen LogP contribution in [0.4, 0.5) is 23.3 Å². The minimum atomic E-state index is 0.731. The van der Waals surface area contributed by atoms with Crippen molar-refractivity contribution in [2.45, 2.75) is 13.8 Å². The highest BCUT2D eigenvalue weighted by molar-refractivity contribution is 5.80. The van der Waals surface area contributed by atoms with E-state index in [1.54, 1.807) is 0 Å². The summed E-state index contributed by atoms with van der Waals surface area (Å²) in [6.07, 6.45) is 0. The molecule has 5 rings (SSSR count). The van der Waals surface area contributed by atoms with Crippen LogP contribution in [0.2, 0.25) is 0 Å². The zero-order chi connectivity index (χ0) is 19.1. The highest BCUT2D eigenvalue weighted by Gasteiger charge is 2.05. The largest absolute Gasteiger partial charge is 0.326 e. The van der Waals surface area contributed by atoms with Crippen LogP contribution in [0, 0.1) is 13.8 Å². The average Bonchev–Trinajstić information content (AvgIpc) is 3.25. The van der Waals surface area contributed by atoms with Crippen molar-refractivity contribution in [1.29, 1.82) is 0 Å². The molecule has 0 aliphatic rings. The van der Waals surface area contributed by atoms with Crippen molar-refractivity contribution in [1.82, 2.24) is 19.9 Å². The molecule has 6 heteroatoms. The van der Waals surface area contributed by atoms with E-state index >= 15 is 0 Å². The number of imidazole rings is 2. The van der Waals surface area contributed by atoms with Gasteiger partial charge in [-0.2, -0.15) is 0 Å². The summed E-state index contributed by atoms with van der Waals surface area (Å²) in [7, 11) is 0. The van der Waals surface area contributed by atoms with Crippen molar-refractivity contribution < 1.29 is 0 Å². The third-order valence-corrected chi connectivity index (χ3v) is 4.69. The first-order chi connectivity index (χ1) is 13.6. The number of H-pyrrole nitrogens is 2. The van der Waals surface area contributed by atoms with E-state index in [1.807, 2.05) is 36.4 Å². The second-order valence-corrected chi connectivity index (χ2v) is 7.04. The first kappa shape index (κ1) is 16.4. The van der Waals surface area contributed by atoms with Crippen LogP contribution < -0.4 is 10.6 Å². The number of benzene rings is 3. The molecule has 28 heavy (non-hydrogen) atoms. The van der Waals surface area contributed by atoms with Crippen LogP contribution >= 0.6 is 0 Å². The quantitative estimate of drug-likeness (QED) is 0.335. The van der Waals surface area contributed by atoms with Crippen LogP contribution in [0.3, 0.4) is 0 Å². The summed E-state index contributed by atoms with van der Waals surface area (Å²) in [6.45, 7) is 4.14. The van der Waals surface area contributed by atoms with Crippen LogP contribution in [-0.2, 0) is 0 Å². The molecule has 2 aromatic heterocycles. The molecule has 5 aromatic rings. The van der Waals surface area contributed by atoms with E-state index in [0.29, 0.717) is 0 Å². The number of hydrogen-bond acceptors (Lipinski definition) is 4. The molecule has 0 saturated heterocycles. The van der Waals surface area contributed by atoms with Crippen LogP contribution in [0.1, 0.15) is 11.1 Å². The summed E-state index contributed by atoms with van der Waals surface area (Å²) < 4.78 is 0. The van der Waals surface area contributed by atoms with Crippen molar-refractivity contribution in [2.75, 3.05) is 10.6 Å². The number of nitrogens with zero attached hydrogens (tertiary/aromatic N) is 2. The van der Waals surface area contributed by atoms with Gasteiger partial charge in [0.1, 0.15) is 0 Å². The van der Waals surface area contributed by atoms with Crippen LogP contribution in [0.15, 0.2) is 60.7 Å². The molecule has 0 amide bonds. The van der Waals surface area contributed by atoms with Gasteiger partial charge in [0.25, 0.3) is 0 Å². The van der Waals surface area contributed by atoms with Gasteiger partial charge in [-0.25, -0.2) is 9.97 Å². The predicted octanol–water partition coefficient (Wildman–Crippen LogP) is 5.54. The highest BCUT2D eigenvalue weighted by Crippen LogP contribution is 2.23. The molecule has 0 aliphatic heterocycles. The first-order valence-corrected chi connectivity index (χ1v) is 9.19. The number of nitrogens with one attached hydrogen (secondary N) is 4. The molecule has 0 bridgehead atoms. The number of hydrogen-bond donors (Lipinski definition) is 4. The maximum absolute atomic E-state index is 4.57. The van der Waals surface area contributed by atoms with E-state index in [0.717, 1.165) is 45.3 Å². The van der Waals surface area contributed by atoms with Gasteiger partial charge >= 0.3 is 0 Å². The van der Waals surface area contributed by atoms with Gasteiger partial charge in [-0.05, 0) is 73.5 Å². The third-order valence-electron chi connectivity index (χ3n) is 4.69. The minimum absolute atomic E-state index is 0.731. The molecule has 0 spiro atoms. The number of aryl methyl sites for hydroxylation is 2. The summed E-state index contributed by atoms with van der Waals surface area (Å²) in [6, 6.07) is 20.4. The zero-order valence-corrected chi connectivity index (χ0v) is 15.7. The molecule has 4 N–H and O–H groups in total. The van der Waals surface area contributed by atoms with E-state index in [2.05, 4.69) is 68.7 Å². The lowest BCUT2D eigenvalue weighted by Crippen LogP contribution is -1.94. The Balaban J connectivity index is 1.32. The van der Waals surface area contributed by atoms with E-state index in [4.69, 9.17) is 0 Å². The fourth-order valence-electron chi connectivity index (χ4n) is 3.28. The molecule has 0 fully saturated rings. The molecule has 3 aromatic carbocycles. The monoisotopic (exact) mass is 368 g/mol. The van der Waals surface area contributed by atoms with Crippen molar-refractivity contribution in [3.05, 3.63) is 71.8 Å². The SMILES string of the molecule is Cc1ccc2nc(Nc3ccc(Nc4nc5ccc(C)cc5[nH]4)cc3)[nH]c2c1. The fraction of sp³-hybridized carbons (Fsp3) is 0.0909. The lowest BCUT2D eigenvalue weighted by atomic mass is 10.2. The Morgan fingerprint density at radius 1 is 0.607 bits per heavy atom. The number of aromatic amines is 2. The van der Waals surface area contributed by atoms with Crippen molar-refractivity contribution >= 4 is 45.3 Å². The Morgan fingerprint density at radius 2 is 1.04 bits per heavy atom. The average molecular weight is 368 g/mol. The summed E-state index contributed by atoms with van der Waals surface area (Å²) in [5, 5.41) is 6.63. The molecular weight excluding hydrogens is 348 g/mol. The molecule has 6 nitrogen and oxygen atoms in total. The standard InChI is InChI=1S/C22H20N6/c1-13-3-9-17-19(11-13)27-21(25-17)23-15-5-7-16(8-6-15)24-22-26-18-10-4-14(2)12-20(18)28-22/h3-12H,1-2H3,(H2,23,25,27)(H2,24,26,28). The predicted molar refractivity (Wildman–Crippen MR) is 115 cm³/mol. The van der Waals surface area contributed by atoms with Gasteiger partial charge < -0.3 is 20.6 Å². The van der Waals surface area contributed by atoms with Crippen molar-refractivity contribution in [2.24, 2.45) is 0 Å². The van der Waals surface area contributed by atoms with Gasteiger partial charge in [0.2, 0.25) is 11.9 Å². The first-order valence-electron chi connectivity index (χ1n) is 9.19. The minimum Gasteiger partial charge on any atom is -0.326 e. The van der Waals surface area contributed by atoms with Crippen molar-refractivity contribution in [3.8, 4) is 0 Å². The molecule has 138 valence electrons. The van der Waals surface area contributed by atoms with Gasteiger partial charge in [-0.1, -0.05) is 12.1 Å². The topological polar surface area (TPSA) is 81.4 Å². The van der Waals surface area contributed by atoms with Gasteiger partial charge in [-0.15, -0.1) is 0 Å². The summed E-state index contributed by atoms with van der Waals surface area (Å²) in [5.41, 5.74) is 8.29. The molecule has 0 unspecified atom stereocenters. The summed E-state index contributed by atoms with van der Waals surface area (Å²) in [5.74, 6) is 1.46. The van der Waals surface area contributed by atoms with Gasteiger partial charge in [0.05, 0.1) is 22.1 Å². The fourth-order valence-corrected chi connectivity index (χ4v) is 3.28. The number of aromatic nitrogens is 4. The molecule has 0 radical (unpaired) electrons. The highest BCUT2D eigenvalue weighted by atomic mass is 15.1. The molecule has 0 atom stereocenters. The second kappa shape index (κ2) is 6.42. The van der Waals surface area contributed by atoms with Crippen LogP contribution in [0.25, 0.3) is 22.1 Å². The third kappa shape index (κ3) is 3.16. The zero-order valence-electron chi connectivity index (χ0n) is 15.7. The van der Waals surface area contributed by atoms with E-state index in [-0.39, 0.29) is 0 Å². The number of anilines is 4. The Kier molecular flexibility index (Phi) is 3.76. The van der Waals surface area contributed by atoms with Gasteiger partial charge in [0, 0.05) is 11.4 Å². The number of rotatable bonds is 4. The maximum atomic E-state index is 4.57. The van der Waals surface area contributed by atoms with E-state index in [9.17, 15) is 0 Å². The molecular formula is C22H20N6. The normalized spacial score (nSPS) is 11.2. The van der Waals surface area contributed by atoms with Crippen LogP contribution in [0.5, 0.6) is 0 Å². The molecule has 0 aliphatic carbocycles. The second-order valence-electron chi connectivity index (χ2n) is 7.04. The lowest BCUT2D eigenvalue weighted by Gasteiger charge is -2.06. The van der Waals surface area contributed by atoms with Crippen LogP contribution in [-0.4, -0.2) is 19.9 Å². The van der Waals surface area contributed by atoms with E-state index < -0.39 is 0 Å². The number of fused-ring (bicyclic) bond motifs is 2. The maximum Gasteiger partial charge on any atom is 0.205 e. The molecule has 0 saturated carbocycles. The summed E-state index contributed by atoms with van der Waals surface area (Å²) in [4.78, 5) is 15.8. The Labute approximate surface area is 162 Å². The molecule has 2 heterocycles. The lowest BCUT2D eigenvalue weighted by molar-refractivity contribution is 1.30. The smallest absolute Gasteiger partial charge is 0.205 e. The summed E-state index contributed by atoms with van der Waals surface area (Å²) >= 11 is 0. The van der Waals surface area contributed by atoms with Crippen molar-refractivity contribution in [3.63, 3.8) is 0 Å². The van der Waals surface area contributed by atoms with Gasteiger partial charge in [0.15, 0.2) is 0 Å².